The quantitative estimate of drug-likeness (QED) is 0.651. The van der Waals surface area contributed by atoms with Crippen molar-refractivity contribution in [3.63, 3.8) is 0 Å². The number of aryl methyl sites for hydroxylation is 2. The minimum atomic E-state index is -4.82. The van der Waals surface area contributed by atoms with E-state index in [4.69, 9.17) is 0 Å². The Morgan fingerprint density at radius 1 is 1.03 bits per heavy atom. The van der Waals surface area contributed by atoms with E-state index in [1.165, 1.54) is 28.1 Å². The summed E-state index contributed by atoms with van der Waals surface area (Å²) in [6.45, 7) is 0.315. The highest BCUT2D eigenvalue weighted by Crippen LogP contribution is 2.29. The number of carbonyl (C=O) groups excluding carboxylic acids is 1. The summed E-state index contributed by atoms with van der Waals surface area (Å²) in [5.41, 5.74) is 2.51. The standard InChI is InChI=1S/C24H27F3N2O4S/c25-24(26,27)33-22-8-4-3-7-20(22)16-28-23(30)18-11-13-29(14-12-18)34(31,32)21-10-9-17-5-1-2-6-19(17)15-21/h3-4,7-10,15,18H,1-2,5-6,11-14,16H2,(H,28,30). The Morgan fingerprint density at radius 3 is 2.41 bits per heavy atom. The van der Waals surface area contributed by atoms with E-state index in [1.54, 1.807) is 18.2 Å². The zero-order valence-electron chi connectivity index (χ0n) is 18.6. The number of rotatable bonds is 6. The van der Waals surface area contributed by atoms with E-state index < -0.39 is 22.3 Å². The summed E-state index contributed by atoms with van der Waals surface area (Å²) in [7, 11) is -3.64. The Labute approximate surface area is 197 Å². The number of hydrogen-bond acceptors (Lipinski definition) is 4. The summed E-state index contributed by atoms with van der Waals surface area (Å²) >= 11 is 0. The number of nitrogens with one attached hydrogen (secondary N) is 1. The molecule has 1 fully saturated rings. The fourth-order valence-electron chi connectivity index (χ4n) is 4.58. The van der Waals surface area contributed by atoms with Crippen molar-refractivity contribution in [3.05, 3.63) is 59.2 Å². The third-order valence-electron chi connectivity index (χ3n) is 6.43. The number of alkyl halides is 3. The van der Waals surface area contributed by atoms with Gasteiger partial charge in [-0.25, -0.2) is 8.42 Å². The van der Waals surface area contributed by atoms with E-state index in [1.807, 2.05) is 6.07 Å². The molecular weight excluding hydrogens is 469 g/mol. The summed E-state index contributed by atoms with van der Waals surface area (Å²) in [6.07, 6.45) is -0.0929. The van der Waals surface area contributed by atoms with E-state index >= 15 is 0 Å². The number of sulfonamides is 1. The number of benzene rings is 2. The fraction of sp³-hybridized carbons (Fsp3) is 0.458. The van der Waals surface area contributed by atoms with Crippen molar-refractivity contribution in [2.45, 2.75) is 56.3 Å². The smallest absolute Gasteiger partial charge is 0.405 e. The molecule has 1 heterocycles. The van der Waals surface area contributed by atoms with Crippen LogP contribution >= 0.6 is 0 Å². The van der Waals surface area contributed by atoms with Gasteiger partial charge in [0.25, 0.3) is 0 Å². The lowest BCUT2D eigenvalue weighted by Crippen LogP contribution is -2.42. The van der Waals surface area contributed by atoms with E-state index in [0.29, 0.717) is 12.8 Å². The molecule has 6 nitrogen and oxygen atoms in total. The molecule has 2 aromatic carbocycles. The summed E-state index contributed by atoms with van der Waals surface area (Å²) in [4.78, 5) is 12.9. The largest absolute Gasteiger partial charge is 0.573 e. The van der Waals surface area contributed by atoms with Gasteiger partial charge in [-0.3, -0.25) is 4.79 Å². The average molecular weight is 497 g/mol. The molecule has 0 saturated carbocycles. The Bertz CT molecular complexity index is 1140. The first-order chi connectivity index (χ1) is 16.1. The number of carbonyl (C=O) groups is 1. The molecule has 2 aromatic rings. The molecule has 0 unspecified atom stereocenters. The molecule has 10 heteroatoms. The molecule has 1 saturated heterocycles. The molecule has 0 atom stereocenters. The molecule has 0 radical (unpaired) electrons. The van der Waals surface area contributed by atoms with Gasteiger partial charge in [-0.2, -0.15) is 4.31 Å². The topological polar surface area (TPSA) is 75.7 Å². The van der Waals surface area contributed by atoms with E-state index in [9.17, 15) is 26.4 Å². The lowest BCUT2D eigenvalue weighted by Gasteiger charge is -2.31. The molecule has 2 aliphatic rings. The van der Waals surface area contributed by atoms with Crippen molar-refractivity contribution in [1.29, 1.82) is 0 Å². The zero-order valence-corrected chi connectivity index (χ0v) is 19.4. The number of fused-ring (bicyclic) bond motifs is 1. The van der Waals surface area contributed by atoms with Gasteiger partial charge < -0.3 is 10.1 Å². The summed E-state index contributed by atoms with van der Waals surface area (Å²) in [6, 6.07) is 11.0. The van der Waals surface area contributed by atoms with Crippen molar-refractivity contribution in [2.75, 3.05) is 13.1 Å². The van der Waals surface area contributed by atoms with Crippen LogP contribution < -0.4 is 10.1 Å². The van der Waals surface area contributed by atoms with Gasteiger partial charge in [-0.05, 0) is 67.9 Å². The second-order valence-corrected chi connectivity index (χ2v) is 10.6. The Morgan fingerprint density at radius 2 is 1.71 bits per heavy atom. The average Bonchev–Trinajstić information content (AvgIpc) is 2.82. The molecule has 1 aliphatic heterocycles. The molecular formula is C24H27F3N2O4S. The monoisotopic (exact) mass is 496 g/mol. The number of ether oxygens (including phenoxy) is 1. The van der Waals surface area contributed by atoms with Gasteiger partial charge in [0, 0.05) is 31.1 Å². The lowest BCUT2D eigenvalue weighted by molar-refractivity contribution is -0.274. The first-order valence-electron chi connectivity index (χ1n) is 11.4. The number of amides is 1. The van der Waals surface area contributed by atoms with E-state index in [-0.39, 0.29) is 41.7 Å². The third kappa shape index (κ3) is 5.72. The highest BCUT2D eigenvalue weighted by atomic mass is 32.2. The van der Waals surface area contributed by atoms with E-state index in [2.05, 4.69) is 10.1 Å². The van der Waals surface area contributed by atoms with Gasteiger partial charge in [0.05, 0.1) is 4.90 Å². The molecule has 1 amide bonds. The molecule has 0 aromatic heterocycles. The number of hydrogen-bond donors (Lipinski definition) is 1. The van der Waals surface area contributed by atoms with Crippen molar-refractivity contribution >= 4 is 15.9 Å². The van der Waals surface area contributed by atoms with Gasteiger partial charge in [-0.15, -0.1) is 13.2 Å². The Kier molecular flexibility index (Phi) is 7.18. The predicted octanol–water partition coefficient (Wildman–Crippen LogP) is 4.18. The second-order valence-electron chi connectivity index (χ2n) is 8.69. The molecule has 0 bridgehead atoms. The van der Waals surface area contributed by atoms with Crippen LogP contribution in [0.15, 0.2) is 47.4 Å². The van der Waals surface area contributed by atoms with Crippen LogP contribution in [-0.4, -0.2) is 38.1 Å². The van der Waals surface area contributed by atoms with Crippen LogP contribution in [0.5, 0.6) is 5.75 Å². The second kappa shape index (κ2) is 9.95. The third-order valence-corrected chi connectivity index (χ3v) is 8.33. The van der Waals surface area contributed by atoms with Crippen LogP contribution in [0.25, 0.3) is 0 Å². The molecule has 184 valence electrons. The van der Waals surface area contributed by atoms with E-state index in [0.717, 1.165) is 31.2 Å². The first-order valence-corrected chi connectivity index (χ1v) is 12.8. The maximum Gasteiger partial charge on any atom is 0.573 e. The van der Waals surface area contributed by atoms with Crippen LogP contribution in [0, 0.1) is 5.92 Å². The number of piperidine rings is 1. The van der Waals surface area contributed by atoms with Gasteiger partial charge in [0.1, 0.15) is 5.75 Å². The molecule has 1 N–H and O–H groups in total. The van der Waals surface area contributed by atoms with Crippen LogP contribution in [0.1, 0.15) is 42.4 Å². The summed E-state index contributed by atoms with van der Waals surface area (Å²) < 4.78 is 69.4. The molecule has 4 rings (SSSR count). The van der Waals surface area contributed by atoms with Gasteiger partial charge in [0.15, 0.2) is 0 Å². The highest BCUT2D eigenvalue weighted by Gasteiger charge is 2.34. The Hall–Kier alpha value is -2.59. The van der Waals surface area contributed by atoms with Crippen LogP contribution in [-0.2, 0) is 34.2 Å². The maximum absolute atomic E-state index is 13.1. The van der Waals surface area contributed by atoms with Crippen LogP contribution in [0.2, 0.25) is 0 Å². The van der Waals surface area contributed by atoms with Crippen molar-refractivity contribution in [1.82, 2.24) is 9.62 Å². The lowest BCUT2D eigenvalue weighted by atomic mass is 9.92. The van der Waals surface area contributed by atoms with Crippen molar-refractivity contribution in [3.8, 4) is 5.75 Å². The number of para-hydroxylation sites is 1. The van der Waals surface area contributed by atoms with Crippen molar-refractivity contribution < 1.29 is 31.1 Å². The number of nitrogens with zero attached hydrogens (tertiary/aromatic N) is 1. The molecule has 0 spiro atoms. The summed E-state index contributed by atoms with van der Waals surface area (Å²) in [5, 5.41) is 2.66. The SMILES string of the molecule is O=C(NCc1ccccc1OC(F)(F)F)C1CCN(S(=O)(=O)c2ccc3c(c2)CCCC3)CC1. The minimum absolute atomic E-state index is 0.112. The maximum atomic E-state index is 13.1. The fourth-order valence-corrected chi connectivity index (χ4v) is 6.10. The normalized spacial score (nSPS) is 17.7. The summed E-state index contributed by atoms with van der Waals surface area (Å²) in [5.74, 6) is -1.08. The Balaban J connectivity index is 1.34. The predicted molar refractivity (Wildman–Crippen MR) is 120 cm³/mol. The molecule has 34 heavy (non-hydrogen) atoms. The first kappa shape index (κ1) is 24.5. The van der Waals surface area contributed by atoms with Gasteiger partial charge >= 0.3 is 6.36 Å². The van der Waals surface area contributed by atoms with Gasteiger partial charge in [0.2, 0.25) is 15.9 Å². The number of halogens is 3. The van der Waals surface area contributed by atoms with Crippen LogP contribution in [0.3, 0.4) is 0 Å². The molecule has 1 aliphatic carbocycles. The highest BCUT2D eigenvalue weighted by molar-refractivity contribution is 7.89. The van der Waals surface area contributed by atoms with Crippen LogP contribution in [0.4, 0.5) is 13.2 Å². The van der Waals surface area contributed by atoms with Gasteiger partial charge in [-0.1, -0.05) is 24.3 Å². The zero-order chi connectivity index (χ0) is 24.3. The minimum Gasteiger partial charge on any atom is -0.405 e. The van der Waals surface area contributed by atoms with Crippen molar-refractivity contribution in [2.24, 2.45) is 5.92 Å².